The number of nitrogens with two attached hydrogens (primary N) is 1. The number of rotatable bonds is 8. The van der Waals surface area contributed by atoms with Crippen LogP contribution in [-0.4, -0.2) is 25.2 Å². The third-order valence-corrected chi connectivity index (χ3v) is 2.65. The lowest BCUT2D eigenvalue weighted by Crippen LogP contribution is -2.11. The number of anilines is 2. The fourth-order valence-corrected chi connectivity index (χ4v) is 1.76. The molecule has 0 unspecified atom stereocenters. The standard InChI is InChI=1S/C15H23FN2O3/c1-4-20-15(19)6-5-7-18-13-9-14(21-10(2)3)11(16)8-12(13)17/h8-10,18H,4-7,17H2,1-3H3. The van der Waals surface area contributed by atoms with E-state index < -0.39 is 5.82 Å². The summed E-state index contributed by atoms with van der Waals surface area (Å²) in [6.45, 7) is 6.33. The zero-order valence-corrected chi connectivity index (χ0v) is 12.7. The quantitative estimate of drug-likeness (QED) is 0.438. The maximum Gasteiger partial charge on any atom is 0.305 e. The van der Waals surface area contributed by atoms with Crippen LogP contribution in [0.15, 0.2) is 12.1 Å². The van der Waals surface area contributed by atoms with Gasteiger partial charge in [0.25, 0.3) is 0 Å². The van der Waals surface area contributed by atoms with Gasteiger partial charge < -0.3 is 20.5 Å². The van der Waals surface area contributed by atoms with Crippen molar-refractivity contribution in [2.75, 3.05) is 24.2 Å². The van der Waals surface area contributed by atoms with Crippen molar-refractivity contribution in [3.63, 3.8) is 0 Å². The highest BCUT2D eigenvalue weighted by Crippen LogP contribution is 2.28. The summed E-state index contributed by atoms with van der Waals surface area (Å²) in [4.78, 5) is 11.2. The Labute approximate surface area is 124 Å². The van der Waals surface area contributed by atoms with E-state index in [1.807, 2.05) is 13.8 Å². The van der Waals surface area contributed by atoms with Gasteiger partial charge in [0.2, 0.25) is 0 Å². The van der Waals surface area contributed by atoms with Gasteiger partial charge in [-0.3, -0.25) is 4.79 Å². The molecule has 3 N–H and O–H groups in total. The molecule has 0 bridgehead atoms. The van der Waals surface area contributed by atoms with Crippen LogP contribution < -0.4 is 15.8 Å². The molecule has 1 rings (SSSR count). The molecule has 0 heterocycles. The fourth-order valence-electron chi connectivity index (χ4n) is 1.76. The Kier molecular flexibility index (Phi) is 6.78. The van der Waals surface area contributed by atoms with Gasteiger partial charge >= 0.3 is 5.97 Å². The molecule has 0 atom stereocenters. The Morgan fingerprint density at radius 2 is 2.14 bits per heavy atom. The number of benzene rings is 1. The molecule has 1 aromatic carbocycles. The molecule has 0 radical (unpaired) electrons. The van der Waals surface area contributed by atoms with Crippen molar-refractivity contribution in [2.45, 2.75) is 39.7 Å². The fraction of sp³-hybridized carbons (Fsp3) is 0.533. The lowest BCUT2D eigenvalue weighted by atomic mass is 10.2. The van der Waals surface area contributed by atoms with Crippen molar-refractivity contribution in [3.8, 4) is 5.75 Å². The number of carbonyl (C=O) groups excluding carboxylic acids is 1. The molecule has 0 spiro atoms. The second-order valence-corrected chi connectivity index (χ2v) is 4.87. The lowest BCUT2D eigenvalue weighted by Gasteiger charge is -2.15. The number of nitrogens with one attached hydrogen (secondary N) is 1. The van der Waals surface area contributed by atoms with Crippen LogP contribution in [0.2, 0.25) is 0 Å². The van der Waals surface area contributed by atoms with E-state index in [0.717, 1.165) is 0 Å². The summed E-state index contributed by atoms with van der Waals surface area (Å²) in [6, 6.07) is 2.76. The van der Waals surface area contributed by atoms with E-state index in [-0.39, 0.29) is 17.8 Å². The molecule has 0 amide bonds. The number of hydrogen-bond acceptors (Lipinski definition) is 5. The van der Waals surface area contributed by atoms with Crippen LogP contribution in [0.3, 0.4) is 0 Å². The average molecular weight is 298 g/mol. The van der Waals surface area contributed by atoms with E-state index in [4.69, 9.17) is 15.2 Å². The van der Waals surface area contributed by atoms with Crippen molar-refractivity contribution >= 4 is 17.3 Å². The van der Waals surface area contributed by atoms with Crippen molar-refractivity contribution < 1.29 is 18.7 Å². The number of halogens is 1. The first-order chi connectivity index (χ1) is 9.93. The molecule has 0 fully saturated rings. The minimum Gasteiger partial charge on any atom is -0.488 e. The van der Waals surface area contributed by atoms with Crippen molar-refractivity contribution in [1.82, 2.24) is 0 Å². The van der Waals surface area contributed by atoms with Gasteiger partial charge in [0.15, 0.2) is 11.6 Å². The Morgan fingerprint density at radius 1 is 1.43 bits per heavy atom. The third-order valence-electron chi connectivity index (χ3n) is 2.65. The van der Waals surface area contributed by atoms with Gasteiger partial charge in [-0.25, -0.2) is 4.39 Å². The Bertz CT molecular complexity index is 478. The minimum absolute atomic E-state index is 0.125. The van der Waals surface area contributed by atoms with Crippen LogP contribution in [0.25, 0.3) is 0 Å². The molecule has 0 saturated heterocycles. The van der Waals surface area contributed by atoms with Gasteiger partial charge in [-0.05, 0) is 27.2 Å². The Balaban J connectivity index is 2.56. The summed E-state index contributed by atoms with van der Waals surface area (Å²) >= 11 is 0. The SMILES string of the molecule is CCOC(=O)CCCNc1cc(OC(C)C)c(F)cc1N. The molecule has 0 saturated carbocycles. The first-order valence-electron chi connectivity index (χ1n) is 7.09. The summed E-state index contributed by atoms with van der Waals surface area (Å²) in [7, 11) is 0. The van der Waals surface area contributed by atoms with E-state index in [0.29, 0.717) is 37.4 Å². The molecular weight excluding hydrogens is 275 g/mol. The van der Waals surface area contributed by atoms with E-state index in [1.165, 1.54) is 12.1 Å². The van der Waals surface area contributed by atoms with Gasteiger partial charge in [-0.15, -0.1) is 0 Å². The number of hydrogen-bond donors (Lipinski definition) is 2. The highest BCUT2D eigenvalue weighted by atomic mass is 19.1. The second kappa shape index (κ2) is 8.34. The van der Waals surface area contributed by atoms with E-state index in [9.17, 15) is 9.18 Å². The van der Waals surface area contributed by atoms with Crippen LogP contribution in [-0.2, 0) is 9.53 Å². The number of carbonyl (C=O) groups is 1. The maximum absolute atomic E-state index is 13.7. The van der Waals surface area contributed by atoms with Gasteiger partial charge in [-0.1, -0.05) is 0 Å². The molecule has 6 heteroatoms. The number of ether oxygens (including phenoxy) is 2. The zero-order valence-electron chi connectivity index (χ0n) is 12.7. The van der Waals surface area contributed by atoms with Crippen LogP contribution in [0.4, 0.5) is 15.8 Å². The van der Waals surface area contributed by atoms with Crippen LogP contribution in [0, 0.1) is 5.82 Å². The number of nitrogen functional groups attached to an aromatic ring is 1. The van der Waals surface area contributed by atoms with E-state index in [1.54, 1.807) is 6.92 Å². The summed E-state index contributed by atoms with van der Waals surface area (Å²) in [6.07, 6.45) is 0.813. The smallest absolute Gasteiger partial charge is 0.305 e. The molecule has 118 valence electrons. The molecule has 1 aromatic rings. The van der Waals surface area contributed by atoms with Gasteiger partial charge in [-0.2, -0.15) is 0 Å². The molecule has 0 aliphatic carbocycles. The third kappa shape index (κ3) is 5.89. The summed E-state index contributed by atoms with van der Waals surface area (Å²) in [5.74, 6) is -0.555. The largest absolute Gasteiger partial charge is 0.488 e. The van der Waals surface area contributed by atoms with Gasteiger partial charge in [0.05, 0.1) is 24.1 Å². The predicted octanol–water partition coefficient (Wildman–Crippen LogP) is 2.95. The Hall–Kier alpha value is -1.98. The second-order valence-electron chi connectivity index (χ2n) is 4.87. The van der Waals surface area contributed by atoms with Crippen molar-refractivity contribution in [2.24, 2.45) is 0 Å². The normalized spacial score (nSPS) is 10.5. The van der Waals surface area contributed by atoms with Crippen LogP contribution in [0.5, 0.6) is 5.75 Å². The molecule has 0 aromatic heterocycles. The van der Waals surface area contributed by atoms with E-state index >= 15 is 0 Å². The van der Waals surface area contributed by atoms with Crippen LogP contribution in [0.1, 0.15) is 33.6 Å². The minimum atomic E-state index is -0.488. The van der Waals surface area contributed by atoms with Crippen LogP contribution >= 0.6 is 0 Å². The molecular formula is C15H23FN2O3. The van der Waals surface area contributed by atoms with E-state index in [2.05, 4.69) is 5.32 Å². The predicted molar refractivity (Wildman–Crippen MR) is 80.9 cm³/mol. The zero-order chi connectivity index (χ0) is 15.8. The maximum atomic E-state index is 13.7. The summed E-state index contributed by atoms with van der Waals surface area (Å²) < 4.78 is 23.9. The first kappa shape index (κ1) is 17.1. The lowest BCUT2D eigenvalue weighted by molar-refractivity contribution is -0.143. The Morgan fingerprint density at radius 3 is 2.76 bits per heavy atom. The summed E-state index contributed by atoms with van der Waals surface area (Å²) in [5, 5.41) is 3.07. The monoisotopic (exact) mass is 298 g/mol. The average Bonchev–Trinajstić information content (AvgIpc) is 2.39. The van der Waals surface area contributed by atoms with Crippen molar-refractivity contribution in [3.05, 3.63) is 17.9 Å². The molecule has 21 heavy (non-hydrogen) atoms. The highest BCUT2D eigenvalue weighted by Gasteiger charge is 2.10. The van der Waals surface area contributed by atoms with Gasteiger partial charge in [0.1, 0.15) is 0 Å². The molecule has 0 aliphatic rings. The van der Waals surface area contributed by atoms with Gasteiger partial charge in [0, 0.05) is 25.1 Å². The topological polar surface area (TPSA) is 73.6 Å². The summed E-state index contributed by atoms with van der Waals surface area (Å²) in [5.41, 5.74) is 6.66. The van der Waals surface area contributed by atoms with Crippen molar-refractivity contribution in [1.29, 1.82) is 0 Å². The molecule has 5 nitrogen and oxygen atoms in total. The highest BCUT2D eigenvalue weighted by molar-refractivity contribution is 5.70. The number of esters is 1. The molecule has 0 aliphatic heterocycles. The first-order valence-corrected chi connectivity index (χ1v) is 7.09.